The first-order valence-corrected chi connectivity index (χ1v) is 13.9. The largest absolute Gasteiger partial charge is 0.486 e. The molecule has 2 heterocycles. The standard InChI is InChI=1S/C32H31FN2O7/c33-24-14-12-23(13-15-24)32(26-10-2-1-9-25(26)31(42-32)41-30(37)29(36)40-21-34)16-6-18-35-17-4-3-7-22-8-5-11-27-28(22)39-20-19-38-27/h1-2,5,8-15,31,35H,3-4,6-7,16-20H2. The molecule has 0 saturated heterocycles. The Hall–Kier alpha value is -4.46. The minimum Gasteiger partial charge on any atom is -0.486 e. The maximum absolute atomic E-state index is 13.8. The third-order valence-electron chi connectivity index (χ3n) is 7.37. The molecule has 0 spiro atoms. The number of hydrogen-bond donors (Lipinski definition) is 1. The average molecular weight is 575 g/mol. The maximum Gasteiger partial charge on any atom is 0.432 e. The molecule has 0 bridgehead atoms. The highest BCUT2D eigenvalue weighted by Crippen LogP contribution is 2.50. The topological polar surface area (TPSA) is 116 Å². The monoisotopic (exact) mass is 574 g/mol. The van der Waals surface area contributed by atoms with Crippen molar-refractivity contribution < 1.29 is 37.7 Å². The number of halogens is 1. The Morgan fingerprint density at radius 2 is 1.74 bits per heavy atom. The van der Waals surface area contributed by atoms with Crippen molar-refractivity contribution in [3.8, 4) is 17.8 Å². The molecule has 3 aromatic carbocycles. The first-order valence-electron chi connectivity index (χ1n) is 13.9. The smallest absolute Gasteiger partial charge is 0.432 e. The van der Waals surface area contributed by atoms with Crippen LogP contribution in [0.15, 0.2) is 66.7 Å². The number of nitriles is 1. The van der Waals surface area contributed by atoms with Crippen molar-refractivity contribution in [3.63, 3.8) is 0 Å². The number of nitrogens with one attached hydrogen (secondary N) is 1. The van der Waals surface area contributed by atoms with E-state index in [0.717, 1.165) is 48.4 Å². The van der Waals surface area contributed by atoms with Crippen LogP contribution in [0.3, 0.4) is 0 Å². The minimum atomic E-state index is -1.44. The van der Waals surface area contributed by atoms with E-state index in [0.29, 0.717) is 43.7 Å². The third-order valence-corrected chi connectivity index (χ3v) is 7.37. The number of fused-ring (bicyclic) bond motifs is 2. The Balaban J connectivity index is 1.20. The lowest BCUT2D eigenvalue weighted by Crippen LogP contribution is -2.30. The highest BCUT2D eigenvalue weighted by atomic mass is 19.1. The maximum atomic E-state index is 13.8. The van der Waals surface area contributed by atoms with Gasteiger partial charge in [-0.05, 0) is 80.1 Å². The molecule has 2 unspecified atom stereocenters. The number of rotatable bonds is 11. The van der Waals surface area contributed by atoms with Crippen molar-refractivity contribution >= 4 is 11.9 Å². The molecule has 2 aliphatic rings. The van der Waals surface area contributed by atoms with Gasteiger partial charge in [0.25, 0.3) is 6.26 Å². The summed E-state index contributed by atoms with van der Waals surface area (Å²) >= 11 is 0. The lowest BCUT2D eigenvalue weighted by atomic mass is 9.82. The number of esters is 2. The van der Waals surface area contributed by atoms with E-state index in [1.165, 1.54) is 18.4 Å². The number of unbranched alkanes of at least 4 members (excludes halogenated alkanes) is 1. The van der Waals surface area contributed by atoms with Gasteiger partial charge in [-0.25, -0.2) is 14.0 Å². The van der Waals surface area contributed by atoms with Gasteiger partial charge < -0.3 is 29.0 Å². The number of aryl methyl sites for hydroxylation is 1. The highest BCUT2D eigenvalue weighted by molar-refractivity contribution is 6.30. The second kappa shape index (κ2) is 13.5. The Labute approximate surface area is 243 Å². The molecule has 1 N–H and O–H groups in total. The molecule has 218 valence electrons. The fourth-order valence-corrected chi connectivity index (χ4v) is 5.46. The summed E-state index contributed by atoms with van der Waals surface area (Å²) in [5.41, 5.74) is 2.10. The van der Waals surface area contributed by atoms with E-state index in [2.05, 4.69) is 16.1 Å². The van der Waals surface area contributed by atoms with Crippen molar-refractivity contribution in [1.29, 1.82) is 5.26 Å². The molecule has 2 aliphatic heterocycles. The van der Waals surface area contributed by atoms with E-state index in [9.17, 15) is 14.0 Å². The van der Waals surface area contributed by atoms with Gasteiger partial charge in [0.15, 0.2) is 11.5 Å². The van der Waals surface area contributed by atoms with E-state index in [-0.39, 0.29) is 5.82 Å². The summed E-state index contributed by atoms with van der Waals surface area (Å²) in [4.78, 5) is 24.0. The first-order chi connectivity index (χ1) is 20.5. The van der Waals surface area contributed by atoms with Gasteiger partial charge in [0.05, 0.1) is 0 Å². The fourth-order valence-electron chi connectivity index (χ4n) is 5.46. The molecule has 42 heavy (non-hydrogen) atoms. The lowest BCUT2D eigenvalue weighted by Gasteiger charge is -2.31. The predicted molar refractivity (Wildman–Crippen MR) is 148 cm³/mol. The molecule has 3 aromatic rings. The molecule has 0 aliphatic carbocycles. The van der Waals surface area contributed by atoms with E-state index in [1.807, 2.05) is 24.3 Å². The van der Waals surface area contributed by atoms with Crippen molar-refractivity contribution in [1.82, 2.24) is 5.32 Å². The summed E-state index contributed by atoms with van der Waals surface area (Å²) < 4.78 is 41.1. The molecular formula is C32H31FN2O7. The van der Waals surface area contributed by atoms with Gasteiger partial charge in [0.2, 0.25) is 6.29 Å². The molecule has 0 fully saturated rings. The van der Waals surface area contributed by atoms with Crippen LogP contribution < -0.4 is 14.8 Å². The molecule has 10 heteroatoms. The average Bonchev–Trinajstić information content (AvgIpc) is 3.33. The van der Waals surface area contributed by atoms with Gasteiger partial charge in [-0.15, -0.1) is 5.26 Å². The second-order valence-electron chi connectivity index (χ2n) is 10.0. The zero-order chi connectivity index (χ0) is 29.4. The van der Waals surface area contributed by atoms with Crippen LogP contribution >= 0.6 is 0 Å². The van der Waals surface area contributed by atoms with E-state index in [4.69, 9.17) is 24.2 Å². The van der Waals surface area contributed by atoms with Gasteiger partial charge >= 0.3 is 11.9 Å². The van der Waals surface area contributed by atoms with Crippen LogP contribution in [0.4, 0.5) is 4.39 Å². The predicted octanol–water partition coefficient (Wildman–Crippen LogP) is 4.83. The lowest BCUT2D eigenvalue weighted by molar-refractivity contribution is -0.204. The number of nitrogens with zero attached hydrogens (tertiary/aromatic N) is 1. The Morgan fingerprint density at radius 3 is 2.57 bits per heavy atom. The third kappa shape index (κ3) is 6.38. The summed E-state index contributed by atoms with van der Waals surface area (Å²) in [5.74, 6) is -1.51. The Bertz CT molecular complexity index is 1460. The van der Waals surface area contributed by atoms with Crippen LogP contribution in [0.5, 0.6) is 11.5 Å². The number of carbonyl (C=O) groups excluding carboxylic acids is 2. The number of benzene rings is 3. The highest BCUT2D eigenvalue weighted by Gasteiger charge is 2.48. The molecule has 0 aromatic heterocycles. The van der Waals surface area contributed by atoms with Crippen molar-refractivity contribution in [2.75, 3.05) is 26.3 Å². The number of para-hydroxylation sites is 1. The number of ether oxygens (including phenoxy) is 5. The molecule has 0 radical (unpaired) electrons. The number of carbonyl (C=O) groups is 2. The van der Waals surface area contributed by atoms with Gasteiger partial charge in [-0.2, -0.15) is 0 Å². The summed E-state index contributed by atoms with van der Waals surface area (Å²) in [5, 5.41) is 12.0. The molecule has 9 nitrogen and oxygen atoms in total. The van der Waals surface area contributed by atoms with Crippen LogP contribution in [0, 0.1) is 17.3 Å². The van der Waals surface area contributed by atoms with E-state index >= 15 is 0 Å². The normalized spacial score (nSPS) is 18.5. The summed E-state index contributed by atoms with van der Waals surface area (Å²) in [6, 6.07) is 19.2. The van der Waals surface area contributed by atoms with Crippen LogP contribution in [-0.2, 0) is 35.8 Å². The van der Waals surface area contributed by atoms with Gasteiger partial charge in [0, 0.05) is 5.56 Å². The molecular weight excluding hydrogens is 543 g/mol. The van der Waals surface area contributed by atoms with E-state index < -0.39 is 23.8 Å². The SMILES string of the molecule is N#COC(=O)C(=O)OC1OC(CCCNCCCCc2cccc3c2OCCO3)(c2ccc(F)cc2)c2ccccc21. The zero-order valence-electron chi connectivity index (χ0n) is 23.0. The molecule has 0 amide bonds. The summed E-state index contributed by atoms with van der Waals surface area (Å²) in [6.07, 6.45) is 4.01. The Morgan fingerprint density at radius 1 is 0.952 bits per heavy atom. The van der Waals surface area contributed by atoms with E-state index in [1.54, 1.807) is 24.3 Å². The van der Waals surface area contributed by atoms with Gasteiger partial charge in [-0.1, -0.05) is 48.5 Å². The first kappa shape index (κ1) is 29.0. The van der Waals surface area contributed by atoms with Crippen molar-refractivity contribution in [2.24, 2.45) is 0 Å². The van der Waals surface area contributed by atoms with Crippen LogP contribution in [0.2, 0.25) is 0 Å². The van der Waals surface area contributed by atoms with Crippen LogP contribution in [-0.4, -0.2) is 38.2 Å². The van der Waals surface area contributed by atoms with Gasteiger partial charge in [-0.3, -0.25) is 0 Å². The molecule has 2 atom stereocenters. The summed E-state index contributed by atoms with van der Waals surface area (Å²) in [6.45, 7) is 2.66. The van der Waals surface area contributed by atoms with Crippen molar-refractivity contribution in [3.05, 3.63) is 94.8 Å². The minimum absolute atomic E-state index is 0.390. The number of hydrogen-bond acceptors (Lipinski definition) is 9. The van der Waals surface area contributed by atoms with Crippen LogP contribution in [0.1, 0.15) is 54.2 Å². The van der Waals surface area contributed by atoms with Crippen LogP contribution in [0.25, 0.3) is 0 Å². The molecule has 5 rings (SSSR count). The zero-order valence-corrected chi connectivity index (χ0v) is 23.0. The Kier molecular flexibility index (Phi) is 9.31. The summed E-state index contributed by atoms with van der Waals surface area (Å²) in [7, 11) is 0. The quantitative estimate of drug-likeness (QED) is 0.149. The molecule has 0 saturated carbocycles. The van der Waals surface area contributed by atoms with Crippen molar-refractivity contribution in [2.45, 2.75) is 44.0 Å². The fraction of sp³-hybridized carbons (Fsp3) is 0.344. The second-order valence-corrected chi connectivity index (χ2v) is 10.0. The van der Waals surface area contributed by atoms with Gasteiger partial charge in [0.1, 0.15) is 24.6 Å².